The number of rotatable bonds is 3. The summed E-state index contributed by atoms with van der Waals surface area (Å²) in [6.07, 6.45) is 0. The van der Waals surface area contributed by atoms with E-state index in [9.17, 15) is 9.59 Å². The highest BCUT2D eigenvalue weighted by Gasteiger charge is 2.35. The quantitative estimate of drug-likeness (QED) is 0.901. The Morgan fingerprint density at radius 2 is 2.10 bits per heavy atom. The smallest absolute Gasteiger partial charge is 0.327 e. The maximum Gasteiger partial charge on any atom is 0.327 e. The second-order valence-corrected chi connectivity index (χ2v) is 6.50. The number of urea groups is 1. The van der Waals surface area contributed by atoms with E-state index in [-0.39, 0.29) is 6.03 Å². The Morgan fingerprint density at radius 1 is 1.45 bits per heavy atom. The average Bonchev–Trinajstić information content (AvgIpc) is 2.90. The normalized spacial score (nSPS) is 18.1. The third-order valence-corrected chi connectivity index (χ3v) is 4.61. The van der Waals surface area contributed by atoms with Crippen LogP contribution in [0.2, 0.25) is 0 Å². The minimum absolute atomic E-state index is 0.245. The van der Waals surface area contributed by atoms with Gasteiger partial charge in [0.05, 0.1) is 5.88 Å². The Labute approximate surface area is 130 Å². The Balaban J connectivity index is 2.01. The zero-order chi connectivity index (χ0) is 14.7. The van der Waals surface area contributed by atoms with Crippen LogP contribution in [0.4, 0.5) is 4.79 Å². The number of aliphatic carboxylic acids is 1. The van der Waals surface area contributed by atoms with Crippen molar-refractivity contribution in [2.75, 3.05) is 18.7 Å². The first-order valence-corrected chi connectivity index (χ1v) is 8.00. The predicted molar refractivity (Wildman–Crippen MR) is 81.6 cm³/mol. The third-order valence-electron chi connectivity index (χ3n) is 3.07. The molecule has 0 saturated carbocycles. The number of hydrogen-bond donors (Lipinski definition) is 1. The first kappa shape index (κ1) is 15.2. The number of carbonyl (C=O) groups is 2. The predicted octanol–water partition coefficient (Wildman–Crippen LogP) is 2.46. The van der Waals surface area contributed by atoms with Gasteiger partial charge in [0.2, 0.25) is 0 Å². The molecule has 5 nitrogen and oxygen atoms in total. The van der Waals surface area contributed by atoms with Gasteiger partial charge in [-0.05, 0) is 17.7 Å². The van der Waals surface area contributed by atoms with Crippen molar-refractivity contribution in [3.8, 4) is 0 Å². The fourth-order valence-electron chi connectivity index (χ4n) is 1.99. The Kier molecular flexibility index (Phi) is 4.93. The summed E-state index contributed by atoms with van der Waals surface area (Å²) in [7, 11) is 1.69. The highest BCUT2D eigenvalue weighted by atomic mass is 79.9. The molecular formula is C13H15BrN2O3S. The Hall–Kier alpha value is -1.21. The first-order valence-electron chi connectivity index (χ1n) is 6.06. The molecule has 108 valence electrons. The van der Waals surface area contributed by atoms with E-state index in [0.29, 0.717) is 18.2 Å². The van der Waals surface area contributed by atoms with E-state index in [1.165, 1.54) is 16.7 Å². The van der Waals surface area contributed by atoms with E-state index >= 15 is 0 Å². The number of carboxylic acid groups (broad SMARTS) is 1. The van der Waals surface area contributed by atoms with Crippen LogP contribution in [0.15, 0.2) is 28.7 Å². The summed E-state index contributed by atoms with van der Waals surface area (Å²) < 4.78 is 0.983. The number of carboxylic acids is 1. The number of hydrogen-bond acceptors (Lipinski definition) is 3. The fraction of sp³-hybridized carbons (Fsp3) is 0.385. The molecule has 1 aliphatic heterocycles. The van der Waals surface area contributed by atoms with E-state index in [1.807, 2.05) is 24.3 Å². The van der Waals surface area contributed by atoms with Crippen LogP contribution in [0.25, 0.3) is 0 Å². The lowest BCUT2D eigenvalue weighted by Gasteiger charge is -2.27. The Bertz CT molecular complexity index is 509. The fourth-order valence-corrected chi connectivity index (χ4v) is 3.39. The van der Waals surface area contributed by atoms with Gasteiger partial charge in [-0.15, -0.1) is 11.8 Å². The van der Waals surface area contributed by atoms with Gasteiger partial charge in [0.25, 0.3) is 0 Å². The van der Waals surface area contributed by atoms with Crippen molar-refractivity contribution in [2.24, 2.45) is 0 Å². The van der Waals surface area contributed by atoms with Crippen LogP contribution in [0.5, 0.6) is 0 Å². The molecule has 20 heavy (non-hydrogen) atoms. The molecule has 2 rings (SSSR count). The van der Waals surface area contributed by atoms with Crippen molar-refractivity contribution in [3.05, 3.63) is 34.3 Å². The molecule has 7 heteroatoms. The number of benzene rings is 1. The molecular weight excluding hydrogens is 344 g/mol. The molecule has 1 aromatic rings. The minimum Gasteiger partial charge on any atom is -0.480 e. The highest BCUT2D eigenvalue weighted by Crippen LogP contribution is 2.23. The molecule has 2 amide bonds. The van der Waals surface area contributed by atoms with Crippen molar-refractivity contribution >= 4 is 39.7 Å². The summed E-state index contributed by atoms with van der Waals surface area (Å²) in [5.74, 6) is -0.0615. The van der Waals surface area contributed by atoms with Crippen LogP contribution in [0, 0.1) is 0 Å². The number of thioether (sulfide) groups is 1. The van der Waals surface area contributed by atoms with Crippen LogP contribution in [-0.2, 0) is 11.3 Å². The van der Waals surface area contributed by atoms with E-state index in [0.717, 1.165) is 10.0 Å². The zero-order valence-electron chi connectivity index (χ0n) is 11.0. The van der Waals surface area contributed by atoms with Gasteiger partial charge in [0, 0.05) is 23.8 Å². The molecule has 1 aromatic carbocycles. The molecule has 1 N–H and O–H groups in total. The van der Waals surface area contributed by atoms with Gasteiger partial charge in [0.1, 0.15) is 6.04 Å². The minimum atomic E-state index is -0.944. The monoisotopic (exact) mass is 358 g/mol. The molecule has 0 radical (unpaired) electrons. The third kappa shape index (κ3) is 3.46. The van der Waals surface area contributed by atoms with E-state index in [4.69, 9.17) is 5.11 Å². The average molecular weight is 359 g/mol. The summed E-state index contributed by atoms with van der Waals surface area (Å²) in [5.41, 5.74) is 1.00. The van der Waals surface area contributed by atoms with Gasteiger partial charge in [-0.25, -0.2) is 9.59 Å². The van der Waals surface area contributed by atoms with E-state index < -0.39 is 12.0 Å². The Morgan fingerprint density at radius 3 is 2.70 bits per heavy atom. The van der Waals surface area contributed by atoms with Crippen LogP contribution < -0.4 is 0 Å². The number of carbonyl (C=O) groups excluding carboxylic acids is 1. The van der Waals surface area contributed by atoms with Crippen LogP contribution in [-0.4, -0.2) is 51.6 Å². The summed E-state index contributed by atoms with van der Waals surface area (Å²) in [6.45, 7) is 0.458. The van der Waals surface area contributed by atoms with Crippen LogP contribution in [0.3, 0.4) is 0 Å². The van der Waals surface area contributed by atoms with Crippen LogP contribution in [0.1, 0.15) is 5.56 Å². The molecule has 1 saturated heterocycles. The summed E-state index contributed by atoms with van der Waals surface area (Å²) >= 11 is 4.83. The molecule has 1 aliphatic rings. The van der Waals surface area contributed by atoms with Crippen molar-refractivity contribution in [3.63, 3.8) is 0 Å². The molecule has 0 spiro atoms. The SMILES string of the molecule is CN(Cc1ccc(Br)cc1)C(=O)N1CSC[C@H]1C(=O)O. The molecule has 1 atom stereocenters. The standard InChI is InChI=1S/C13H15BrN2O3S/c1-15(6-9-2-4-10(14)5-3-9)13(19)16-8-20-7-11(16)12(17)18/h2-5,11H,6-8H2,1H3,(H,17,18)/t11-/m0/s1. The number of nitrogens with zero attached hydrogens (tertiary/aromatic N) is 2. The highest BCUT2D eigenvalue weighted by molar-refractivity contribution is 9.10. The summed E-state index contributed by atoms with van der Waals surface area (Å²) in [4.78, 5) is 26.4. The number of amides is 2. The zero-order valence-corrected chi connectivity index (χ0v) is 13.4. The lowest BCUT2D eigenvalue weighted by molar-refractivity contribution is -0.140. The molecule has 1 fully saturated rings. The molecule has 1 heterocycles. The van der Waals surface area contributed by atoms with Crippen molar-refractivity contribution < 1.29 is 14.7 Å². The molecule has 0 unspecified atom stereocenters. The lowest BCUT2D eigenvalue weighted by Crippen LogP contribution is -2.47. The van der Waals surface area contributed by atoms with Gasteiger partial charge < -0.3 is 14.9 Å². The maximum atomic E-state index is 12.3. The van der Waals surface area contributed by atoms with E-state index in [1.54, 1.807) is 11.9 Å². The number of halogens is 1. The van der Waals surface area contributed by atoms with Crippen molar-refractivity contribution in [1.29, 1.82) is 0 Å². The van der Waals surface area contributed by atoms with Gasteiger partial charge in [0.15, 0.2) is 0 Å². The lowest BCUT2D eigenvalue weighted by atomic mass is 10.2. The molecule has 0 bridgehead atoms. The maximum absolute atomic E-state index is 12.3. The largest absolute Gasteiger partial charge is 0.480 e. The summed E-state index contributed by atoms with van der Waals surface area (Å²) in [5, 5.41) is 9.10. The van der Waals surface area contributed by atoms with Crippen LogP contribution >= 0.6 is 27.7 Å². The molecule has 0 aromatic heterocycles. The second-order valence-electron chi connectivity index (χ2n) is 4.59. The van der Waals surface area contributed by atoms with Gasteiger partial charge in [-0.1, -0.05) is 28.1 Å². The second kappa shape index (κ2) is 6.49. The van der Waals surface area contributed by atoms with Crippen molar-refractivity contribution in [1.82, 2.24) is 9.80 Å². The molecule has 0 aliphatic carbocycles. The first-order chi connectivity index (χ1) is 9.49. The van der Waals surface area contributed by atoms with Crippen molar-refractivity contribution in [2.45, 2.75) is 12.6 Å². The van der Waals surface area contributed by atoms with Gasteiger partial charge in [-0.2, -0.15) is 0 Å². The van der Waals surface area contributed by atoms with Gasteiger partial charge in [-0.3, -0.25) is 0 Å². The summed E-state index contributed by atoms with van der Waals surface area (Å²) in [6, 6.07) is 6.73. The van der Waals surface area contributed by atoms with E-state index in [2.05, 4.69) is 15.9 Å². The van der Waals surface area contributed by atoms with Gasteiger partial charge >= 0.3 is 12.0 Å². The topological polar surface area (TPSA) is 60.9 Å².